The van der Waals surface area contributed by atoms with Crippen LogP contribution in [-0.2, 0) is 4.79 Å². The molecule has 6 heteroatoms. The highest BCUT2D eigenvalue weighted by Crippen LogP contribution is 2.23. The average Bonchev–Trinajstić information content (AvgIpc) is 2.76. The summed E-state index contributed by atoms with van der Waals surface area (Å²) in [6.45, 7) is 2.00. The van der Waals surface area contributed by atoms with Gasteiger partial charge in [-0.05, 0) is 24.6 Å². The van der Waals surface area contributed by atoms with Crippen LogP contribution in [0.25, 0.3) is 0 Å². The predicted molar refractivity (Wildman–Crippen MR) is 71.1 cm³/mol. The number of thiazole rings is 1. The Morgan fingerprint density at radius 2 is 2.33 bits per heavy atom. The zero-order chi connectivity index (χ0) is 13.1. The summed E-state index contributed by atoms with van der Waals surface area (Å²) in [6.07, 6.45) is 0. The number of hydrogen-bond donors (Lipinski definition) is 3. The minimum atomic E-state index is -1.08. The topological polar surface area (TPSA) is 88.2 Å². The molecule has 0 aliphatic carbocycles. The number of carboxylic acids is 1. The van der Waals surface area contributed by atoms with Crippen LogP contribution in [0.3, 0.4) is 0 Å². The van der Waals surface area contributed by atoms with Crippen molar-refractivity contribution in [3.8, 4) is 0 Å². The first-order valence-electron chi connectivity index (χ1n) is 5.34. The maximum Gasteiger partial charge on any atom is 0.326 e. The molecular weight excluding hydrogens is 250 g/mol. The van der Waals surface area contributed by atoms with Crippen molar-refractivity contribution in [1.82, 2.24) is 4.98 Å². The fourth-order valence-electron chi connectivity index (χ4n) is 1.46. The molecular formula is C12H13N3O2S. The molecule has 1 aromatic carbocycles. The van der Waals surface area contributed by atoms with Gasteiger partial charge in [-0.1, -0.05) is 12.1 Å². The Hall–Kier alpha value is -1.92. The zero-order valence-electron chi connectivity index (χ0n) is 9.75. The van der Waals surface area contributed by atoms with Crippen molar-refractivity contribution in [2.45, 2.75) is 13.0 Å². The van der Waals surface area contributed by atoms with Crippen LogP contribution in [0.1, 0.15) is 17.3 Å². The molecule has 0 saturated heterocycles. The molecule has 0 aliphatic heterocycles. The lowest BCUT2D eigenvalue weighted by Gasteiger charge is -2.03. The number of rotatable bonds is 4. The van der Waals surface area contributed by atoms with E-state index in [0.717, 1.165) is 11.3 Å². The predicted octanol–water partition coefficient (Wildman–Crippen LogP) is 2.28. The number of aromatic nitrogens is 1. The van der Waals surface area contributed by atoms with Crippen LogP contribution in [0.4, 0.5) is 10.8 Å². The Bertz CT molecular complexity index is 568. The van der Waals surface area contributed by atoms with Gasteiger partial charge in [-0.2, -0.15) is 0 Å². The quantitative estimate of drug-likeness (QED) is 0.787. The van der Waals surface area contributed by atoms with Crippen molar-refractivity contribution in [2.24, 2.45) is 5.73 Å². The molecule has 1 atom stereocenters. The van der Waals surface area contributed by atoms with E-state index in [1.807, 2.05) is 31.2 Å². The summed E-state index contributed by atoms with van der Waals surface area (Å²) in [4.78, 5) is 14.9. The van der Waals surface area contributed by atoms with Crippen LogP contribution in [0, 0.1) is 6.92 Å². The van der Waals surface area contributed by atoms with Gasteiger partial charge in [0.25, 0.3) is 0 Å². The number of benzene rings is 1. The monoisotopic (exact) mass is 263 g/mol. The third-order valence-electron chi connectivity index (χ3n) is 2.38. The Morgan fingerprint density at radius 3 is 3.00 bits per heavy atom. The van der Waals surface area contributed by atoms with E-state index < -0.39 is 12.0 Å². The van der Waals surface area contributed by atoms with Crippen molar-refractivity contribution in [3.63, 3.8) is 0 Å². The lowest BCUT2D eigenvalue weighted by molar-refractivity contribution is -0.138. The Morgan fingerprint density at radius 1 is 1.56 bits per heavy atom. The molecule has 5 nitrogen and oxygen atoms in total. The molecule has 0 amide bonds. The van der Waals surface area contributed by atoms with Crippen molar-refractivity contribution < 1.29 is 9.90 Å². The molecule has 0 spiro atoms. The van der Waals surface area contributed by atoms with E-state index in [2.05, 4.69) is 10.3 Å². The number of aliphatic carboxylic acids is 1. The summed E-state index contributed by atoms with van der Waals surface area (Å²) in [5, 5.41) is 14.2. The number of aryl methyl sites for hydroxylation is 1. The maximum absolute atomic E-state index is 10.7. The van der Waals surface area contributed by atoms with Gasteiger partial charge in [0.1, 0.15) is 6.04 Å². The third-order valence-corrected chi connectivity index (χ3v) is 3.15. The minimum absolute atomic E-state index is 0.364. The molecule has 1 heterocycles. The molecule has 4 N–H and O–H groups in total. The highest BCUT2D eigenvalue weighted by molar-refractivity contribution is 7.13. The Kier molecular flexibility index (Phi) is 3.59. The molecule has 2 rings (SSSR count). The van der Waals surface area contributed by atoms with Crippen LogP contribution in [0.2, 0.25) is 0 Å². The maximum atomic E-state index is 10.7. The van der Waals surface area contributed by atoms with Crippen LogP contribution < -0.4 is 11.1 Å². The van der Waals surface area contributed by atoms with Crippen LogP contribution in [0.5, 0.6) is 0 Å². The zero-order valence-corrected chi connectivity index (χ0v) is 10.6. The number of carboxylic acid groups (broad SMARTS) is 1. The molecule has 0 fully saturated rings. The highest BCUT2D eigenvalue weighted by Gasteiger charge is 2.17. The lowest BCUT2D eigenvalue weighted by atomic mass is 10.2. The van der Waals surface area contributed by atoms with Gasteiger partial charge in [0.2, 0.25) is 0 Å². The lowest BCUT2D eigenvalue weighted by Crippen LogP contribution is -2.20. The summed E-state index contributed by atoms with van der Waals surface area (Å²) in [7, 11) is 0. The normalized spacial score (nSPS) is 12.1. The van der Waals surface area contributed by atoms with Gasteiger partial charge in [-0.3, -0.25) is 4.79 Å². The summed E-state index contributed by atoms with van der Waals surface area (Å²) < 4.78 is 0. The number of nitrogens with one attached hydrogen (secondary N) is 1. The molecule has 1 aromatic heterocycles. The van der Waals surface area contributed by atoms with Crippen LogP contribution in [-0.4, -0.2) is 16.1 Å². The van der Waals surface area contributed by atoms with E-state index in [1.165, 1.54) is 11.3 Å². The van der Waals surface area contributed by atoms with E-state index in [1.54, 1.807) is 5.38 Å². The van der Waals surface area contributed by atoms with Gasteiger partial charge >= 0.3 is 5.97 Å². The molecule has 0 bridgehead atoms. The summed E-state index contributed by atoms with van der Waals surface area (Å²) in [5.41, 5.74) is 7.90. The number of hydrogen-bond acceptors (Lipinski definition) is 5. The van der Waals surface area contributed by atoms with E-state index >= 15 is 0 Å². The number of anilines is 2. The minimum Gasteiger partial charge on any atom is -0.480 e. The Labute approximate surface area is 108 Å². The van der Waals surface area contributed by atoms with Crippen molar-refractivity contribution in [1.29, 1.82) is 0 Å². The fraction of sp³-hybridized carbons (Fsp3) is 0.167. The average molecular weight is 263 g/mol. The van der Waals surface area contributed by atoms with E-state index in [-0.39, 0.29) is 0 Å². The van der Waals surface area contributed by atoms with Crippen molar-refractivity contribution in [3.05, 3.63) is 40.9 Å². The third kappa shape index (κ3) is 2.85. The molecule has 0 saturated carbocycles. The van der Waals surface area contributed by atoms with Crippen LogP contribution in [0.15, 0.2) is 29.6 Å². The number of nitrogens with two attached hydrogens (primary N) is 1. The van der Waals surface area contributed by atoms with Gasteiger partial charge in [0, 0.05) is 11.1 Å². The first-order valence-corrected chi connectivity index (χ1v) is 6.22. The van der Waals surface area contributed by atoms with E-state index in [4.69, 9.17) is 10.8 Å². The SMILES string of the molecule is Cc1cccc(Nc2nc(C(N)C(=O)O)cs2)c1. The molecule has 0 radical (unpaired) electrons. The second-order valence-corrected chi connectivity index (χ2v) is 4.75. The van der Waals surface area contributed by atoms with E-state index in [0.29, 0.717) is 10.8 Å². The van der Waals surface area contributed by atoms with Gasteiger partial charge in [-0.15, -0.1) is 11.3 Å². The van der Waals surface area contributed by atoms with Gasteiger partial charge in [0.05, 0.1) is 5.69 Å². The highest BCUT2D eigenvalue weighted by atomic mass is 32.1. The largest absolute Gasteiger partial charge is 0.480 e. The summed E-state index contributed by atoms with van der Waals surface area (Å²) in [5.74, 6) is -1.08. The second-order valence-electron chi connectivity index (χ2n) is 3.89. The summed E-state index contributed by atoms with van der Waals surface area (Å²) in [6, 6.07) is 6.77. The van der Waals surface area contributed by atoms with Gasteiger partial charge in [0.15, 0.2) is 5.13 Å². The number of carbonyl (C=O) groups is 1. The van der Waals surface area contributed by atoms with E-state index in [9.17, 15) is 4.79 Å². The standard InChI is InChI=1S/C12H13N3O2S/c1-7-3-2-4-8(5-7)14-12-15-9(6-18-12)10(13)11(16)17/h2-6,10H,13H2,1H3,(H,14,15)(H,16,17). The number of nitrogens with zero attached hydrogens (tertiary/aromatic N) is 1. The molecule has 94 valence electrons. The van der Waals surface area contributed by atoms with Crippen LogP contribution >= 0.6 is 11.3 Å². The smallest absolute Gasteiger partial charge is 0.326 e. The first-order chi connectivity index (χ1) is 8.56. The fourth-order valence-corrected chi connectivity index (χ4v) is 2.23. The van der Waals surface area contributed by atoms with Gasteiger partial charge in [-0.25, -0.2) is 4.98 Å². The van der Waals surface area contributed by atoms with Crippen molar-refractivity contribution >= 4 is 28.1 Å². The molecule has 1 unspecified atom stereocenters. The molecule has 18 heavy (non-hydrogen) atoms. The Balaban J connectivity index is 2.14. The van der Waals surface area contributed by atoms with Gasteiger partial charge < -0.3 is 16.2 Å². The second kappa shape index (κ2) is 5.16. The molecule has 2 aromatic rings. The summed E-state index contributed by atoms with van der Waals surface area (Å²) >= 11 is 1.33. The first kappa shape index (κ1) is 12.5. The molecule has 0 aliphatic rings. The van der Waals surface area contributed by atoms with Crippen molar-refractivity contribution in [2.75, 3.05) is 5.32 Å².